The molecule has 0 atom stereocenters. The highest BCUT2D eigenvalue weighted by Crippen LogP contribution is 2.21. The summed E-state index contributed by atoms with van der Waals surface area (Å²) in [5.41, 5.74) is 1.85. The Kier molecular flexibility index (Phi) is 3.43. The molecular weight excluding hydrogens is 236 g/mol. The van der Waals surface area contributed by atoms with Gasteiger partial charge >= 0.3 is 0 Å². The Balaban J connectivity index is 2.52. The summed E-state index contributed by atoms with van der Waals surface area (Å²) in [6.45, 7) is 6.98. The standard InChI is InChI=1S/C12H15ClN4/c1-4-17-10(5-6-14-17)12-15-9(8(2)3)7-11(13)16-12/h5-8H,4H2,1-3H3. The molecule has 0 spiro atoms. The average molecular weight is 251 g/mol. The average Bonchev–Trinajstić information content (AvgIpc) is 2.76. The topological polar surface area (TPSA) is 43.6 Å². The molecular formula is C12H15ClN4. The number of halogens is 1. The molecule has 0 radical (unpaired) electrons. The second-order valence-corrected chi connectivity index (χ2v) is 4.51. The minimum Gasteiger partial charge on any atom is -0.262 e. The van der Waals surface area contributed by atoms with Crippen LogP contribution < -0.4 is 0 Å². The number of hydrogen-bond donors (Lipinski definition) is 0. The second kappa shape index (κ2) is 4.84. The van der Waals surface area contributed by atoms with E-state index in [9.17, 15) is 0 Å². The number of aromatic nitrogens is 4. The Bertz CT molecular complexity index is 519. The molecule has 0 aromatic carbocycles. The van der Waals surface area contributed by atoms with Crippen molar-refractivity contribution in [2.75, 3.05) is 0 Å². The van der Waals surface area contributed by atoms with Crippen molar-refractivity contribution < 1.29 is 0 Å². The van der Waals surface area contributed by atoms with Gasteiger partial charge in [-0.1, -0.05) is 25.4 Å². The van der Waals surface area contributed by atoms with Crippen molar-refractivity contribution in [1.29, 1.82) is 0 Å². The molecule has 2 heterocycles. The van der Waals surface area contributed by atoms with Crippen LogP contribution in [0.1, 0.15) is 32.4 Å². The van der Waals surface area contributed by atoms with Crippen LogP contribution in [-0.4, -0.2) is 19.7 Å². The summed E-state index contributed by atoms with van der Waals surface area (Å²) in [6, 6.07) is 3.71. The first-order valence-corrected chi connectivity index (χ1v) is 6.06. The van der Waals surface area contributed by atoms with E-state index in [1.54, 1.807) is 6.20 Å². The Labute approximate surface area is 106 Å². The molecule has 0 unspecified atom stereocenters. The van der Waals surface area contributed by atoms with Gasteiger partial charge in [0.1, 0.15) is 10.8 Å². The van der Waals surface area contributed by atoms with Crippen molar-refractivity contribution in [3.05, 3.63) is 29.2 Å². The highest BCUT2D eigenvalue weighted by molar-refractivity contribution is 6.29. The number of rotatable bonds is 3. The molecule has 2 aromatic heterocycles. The quantitative estimate of drug-likeness (QED) is 0.786. The zero-order chi connectivity index (χ0) is 12.4. The van der Waals surface area contributed by atoms with E-state index in [4.69, 9.17) is 11.6 Å². The van der Waals surface area contributed by atoms with Gasteiger partial charge in [0.15, 0.2) is 5.82 Å². The predicted octanol–water partition coefficient (Wildman–Crippen LogP) is 3.14. The van der Waals surface area contributed by atoms with Gasteiger partial charge in [-0.05, 0) is 25.0 Å². The molecule has 0 saturated carbocycles. The molecule has 90 valence electrons. The van der Waals surface area contributed by atoms with Crippen LogP contribution in [-0.2, 0) is 6.54 Å². The monoisotopic (exact) mass is 250 g/mol. The summed E-state index contributed by atoms with van der Waals surface area (Å²) in [7, 11) is 0. The van der Waals surface area contributed by atoms with E-state index >= 15 is 0 Å². The van der Waals surface area contributed by atoms with Crippen LogP contribution in [0.15, 0.2) is 18.3 Å². The third kappa shape index (κ3) is 2.47. The molecule has 0 bridgehead atoms. The summed E-state index contributed by atoms with van der Waals surface area (Å²) >= 11 is 6.03. The van der Waals surface area contributed by atoms with Crippen LogP contribution in [0.4, 0.5) is 0 Å². The van der Waals surface area contributed by atoms with E-state index in [-0.39, 0.29) is 0 Å². The fraction of sp³-hybridized carbons (Fsp3) is 0.417. The van der Waals surface area contributed by atoms with E-state index in [2.05, 4.69) is 28.9 Å². The van der Waals surface area contributed by atoms with Gasteiger partial charge in [-0.15, -0.1) is 0 Å². The smallest absolute Gasteiger partial charge is 0.179 e. The maximum atomic E-state index is 6.03. The predicted molar refractivity (Wildman–Crippen MR) is 68.0 cm³/mol. The van der Waals surface area contributed by atoms with Gasteiger partial charge in [-0.2, -0.15) is 5.10 Å². The maximum Gasteiger partial charge on any atom is 0.179 e. The van der Waals surface area contributed by atoms with Gasteiger partial charge < -0.3 is 0 Å². The Morgan fingerprint density at radius 3 is 2.76 bits per heavy atom. The van der Waals surface area contributed by atoms with E-state index in [1.807, 2.05) is 23.7 Å². The maximum absolute atomic E-state index is 6.03. The molecule has 0 aliphatic carbocycles. The first-order valence-electron chi connectivity index (χ1n) is 5.68. The van der Waals surface area contributed by atoms with Gasteiger partial charge in [0.2, 0.25) is 0 Å². The van der Waals surface area contributed by atoms with Crippen molar-refractivity contribution >= 4 is 11.6 Å². The largest absolute Gasteiger partial charge is 0.262 e. The molecule has 17 heavy (non-hydrogen) atoms. The number of aryl methyl sites for hydroxylation is 1. The summed E-state index contributed by atoms with van der Waals surface area (Å²) in [5, 5.41) is 4.68. The molecule has 4 nitrogen and oxygen atoms in total. The van der Waals surface area contributed by atoms with E-state index in [0.29, 0.717) is 16.9 Å². The summed E-state index contributed by atoms with van der Waals surface area (Å²) in [4.78, 5) is 8.79. The van der Waals surface area contributed by atoms with Gasteiger partial charge in [-0.3, -0.25) is 4.68 Å². The number of hydrogen-bond acceptors (Lipinski definition) is 3. The van der Waals surface area contributed by atoms with Crippen molar-refractivity contribution in [2.45, 2.75) is 33.2 Å². The zero-order valence-corrected chi connectivity index (χ0v) is 10.9. The fourth-order valence-corrected chi connectivity index (χ4v) is 1.81. The van der Waals surface area contributed by atoms with E-state index < -0.39 is 0 Å². The summed E-state index contributed by atoms with van der Waals surface area (Å²) < 4.78 is 1.86. The van der Waals surface area contributed by atoms with Crippen LogP contribution in [0.3, 0.4) is 0 Å². The lowest BCUT2D eigenvalue weighted by molar-refractivity contribution is 0.662. The lowest BCUT2D eigenvalue weighted by Crippen LogP contribution is -2.04. The molecule has 2 aromatic rings. The minimum atomic E-state index is 0.326. The first-order chi connectivity index (χ1) is 8.11. The third-order valence-electron chi connectivity index (χ3n) is 2.55. The molecule has 0 aliphatic rings. The molecule has 0 aliphatic heterocycles. The van der Waals surface area contributed by atoms with Gasteiger partial charge in [0.05, 0.1) is 0 Å². The van der Waals surface area contributed by atoms with E-state index in [0.717, 1.165) is 17.9 Å². The molecule has 2 rings (SSSR count). The highest BCUT2D eigenvalue weighted by atomic mass is 35.5. The summed E-state index contributed by atoms with van der Waals surface area (Å²) in [6.07, 6.45) is 1.75. The lowest BCUT2D eigenvalue weighted by atomic mass is 10.1. The van der Waals surface area contributed by atoms with E-state index in [1.165, 1.54) is 0 Å². The van der Waals surface area contributed by atoms with Gasteiger partial charge in [0, 0.05) is 18.4 Å². The minimum absolute atomic E-state index is 0.326. The van der Waals surface area contributed by atoms with Crippen LogP contribution in [0.5, 0.6) is 0 Å². The third-order valence-corrected chi connectivity index (χ3v) is 2.75. The number of nitrogens with zero attached hydrogens (tertiary/aromatic N) is 4. The SMILES string of the molecule is CCn1nccc1-c1nc(Cl)cc(C(C)C)n1. The lowest BCUT2D eigenvalue weighted by Gasteiger charge is -2.08. The van der Waals surface area contributed by atoms with Crippen LogP contribution in [0.25, 0.3) is 11.5 Å². The van der Waals surface area contributed by atoms with Crippen molar-refractivity contribution in [2.24, 2.45) is 0 Å². The fourth-order valence-electron chi connectivity index (χ4n) is 1.62. The molecule has 0 fully saturated rings. The van der Waals surface area contributed by atoms with Gasteiger partial charge in [0.25, 0.3) is 0 Å². The van der Waals surface area contributed by atoms with Crippen molar-refractivity contribution in [3.63, 3.8) is 0 Å². The molecule has 0 N–H and O–H groups in total. The van der Waals surface area contributed by atoms with Crippen molar-refractivity contribution in [1.82, 2.24) is 19.7 Å². The van der Waals surface area contributed by atoms with Crippen molar-refractivity contribution in [3.8, 4) is 11.5 Å². The van der Waals surface area contributed by atoms with Crippen LogP contribution in [0.2, 0.25) is 5.15 Å². The van der Waals surface area contributed by atoms with Crippen LogP contribution in [0, 0.1) is 0 Å². The summed E-state index contributed by atoms with van der Waals surface area (Å²) in [5.74, 6) is 0.966. The Hall–Kier alpha value is -1.42. The molecule has 0 saturated heterocycles. The van der Waals surface area contributed by atoms with Crippen LogP contribution >= 0.6 is 11.6 Å². The molecule has 5 heteroatoms. The Morgan fingerprint density at radius 2 is 2.12 bits per heavy atom. The van der Waals surface area contributed by atoms with Gasteiger partial charge in [-0.25, -0.2) is 9.97 Å². The normalized spacial score (nSPS) is 11.1. The second-order valence-electron chi connectivity index (χ2n) is 4.13. The Morgan fingerprint density at radius 1 is 1.35 bits per heavy atom. The first kappa shape index (κ1) is 12.0. The molecule has 0 amide bonds. The zero-order valence-electron chi connectivity index (χ0n) is 10.2. The highest BCUT2D eigenvalue weighted by Gasteiger charge is 2.11.